The van der Waals surface area contributed by atoms with Gasteiger partial charge in [0, 0.05) is 23.7 Å². The molecule has 2 aromatic rings. The molecule has 1 aliphatic heterocycles. The average molecular weight is 398 g/mol. The number of rotatable bonds is 6. The predicted octanol–water partition coefficient (Wildman–Crippen LogP) is 3.38. The van der Waals surface area contributed by atoms with E-state index < -0.39 is 11.8 Å². The number of benzene rings is 2. The summed E-state index contributed by atoms with van der Waals surface area (Å²) in [4.78, 5) is 27.8. The van der Waals surface area contributed by atoms with Gasteiger partial charge in [-0.3, -0.25) is 14.5 Å². The molecule has 3 rings (SSSR count). The Morgan fingerprint density at radius 3 is 2.39 bits per heavy atom. The van der Waals surface area contributed by atoms with Crippen LogP contribution in [0.4, 0.5) is 5.69 Å². The molecule has 0 spiro atoms. The summed E-state index contributed by atoms with van der Waals surface area (Å²) in [5, 5.41) is 5.40. The van der Waals surface area contributed by atoms with E-state index in [4.69, 9.17) is 0 Å². The van der Waals surface area contributed by atoms with Gasteiger partial charge in [0.25, 0.3) is 0 Å². The molecule has 0 atom stereocenters. The summed E-state index contributed by atoms with van der Waals surface area (Å²) in [6.45, 7) is 3.55. The highest BCUT2D eigenvalue weighted by Gasteiger charge is 2.22. The number of thioether (sulfide) groups is 1. The number of hydrogen-bond donors (Lipinski definition) is 2. The fourth-order valence-electron chi connectivity index (χ4n) is 3.45. The van der Waals surface area contributed by atoms with Crippen molar-refractivity contribution in [2.75, 3.05) is 31.2 Å². The first kappa shape index (κ1) is 20.4. The highest BCUT2D eigenvalue weighted by molar-refractivity contribution is 7.98. The average Bonchev–Trinajstić information content (AvgIpc) is 2.74. The Morgan fingerprint density at radius 2 is 1.68 bits per heavy atom. The lowest BCUT2D eigenvalue weighted by molar-refractivity contribution is -0.136. The zero-order chi connectivity index (χ0) is 19.8. The molecule has 1 aliphatic rings. The summed E-state index contributed by atoms with van der Waals surface area (Å²) in [6.07, 6.45) is 4.17. The maximum absolute atomic E-state index is 12.0. The van der Waals surface area contributed by atoms with E-state index in [0.29, 0.717) is 18.2 Å². The van der Waals surface area contributed by atoms with E-state index >= 15 is 0 Å². The van der Waals surface area contributed by atoms with Gasteiger partial charge in [-0.1, -0.05) is 36.4 Å². The third-order valence-corrected chi connectivity index (χ3v) is 5.92. The standard InChI is InChI=1S/C22H27N3O2S/c1-28-20-10-6-5-7-18(20)16-25-13-11-17(12-14-25)15-23-21(26)22(27)24-19-8-3-2-4-9-19/h2-10,17H,11-16H2,1H3,(H,23,26)(H,24,27). The second-order valence-electron chi connectivity index (χ2n) is 7.06. The van der Waals surface area contributed by atoms with Gasteiger partial charge in [0.05, 0.1) is 0 Å². The Bertz CT molecular complexity index is 789. The van der Waals surface area contributed by atoms with Crippen molar-refractivity contribution in [3.63, 3.8) is 0 Å². The molecule has 0 saturated carbocycles. The second kappa shape index (κ2) is 10.3. The molecule has 2 amide bonds. The molecule has 1 heterocycles. The van der Waals surface area contributed by atoms with Crippen LogP contribution in [0.3, 0.4) is 0 Å². The van der Waals surface area contributed by atoms with Gasteiger partial charge in [-0.05, 0) is 61.9 Å². The number of carbonyl (C=O) groups excluding carboxylic acids is 2. The predicted molar refractivity (Wildman–Crippen MR) is 114 cm³/mol. The largest absolute Gasteiger partial charge is 0.348 e. The van der Waals surface area contributed by atoms with Gasteiger partial charge in [0.2, 0.25) is 0 Å². The van der Waals surface area contributed by atoms with E-state index in [-0.39, 0.29) is 0 Å². The normalized spacial score (nSPS) is 15.2. The molecule has 5 nitrogen and oxygen atoms in total. The second-order valence-corrected chi connectivity index (χ2v) is 7.91. The minimum Gasteiger partial charge on any atom is -0.348 e. The molecular formula is C22H27N3O2S. The van der Waals surface area contributed by atoms with Crippen molar-refractivity contribution in [3.8, 4) is 0 Å². The molecule has 0 unspecified atom stereocenters. The Hall–Kier alpha value is -2.31. The number of nitrogens with one attached hydrogen (secondary N) is 2. The summed E-state index contributed by atoms with van der Waals surface area (Å²) in [5.74, 6) is -0.766. The summed E-state index contributed by atoms with van der Waals surface area (Å²) in [5.41, 5.74) is 2.00. The van der Waals surface area contributed by atoms with Gasteiger partial charge in [0.1, 0.15) is 0 Å². The van der Waals surface area contributed by atoms with Crippen molar-refractivity contribution in [1.82, 2.24) is 10.2 Å². The van der Waals surface area contributed by atoms with Gasteiger partial charge in [0.15, 0.2) is 0 Å². The number of para-hydroxylation sites is 1. The first-order valence-corrected chi connectivity index (χ1v) is 10.9. The molecule has 0 aliphatic carbocycles. The molecule has 2 N–H and O–H groups in total. The van der Waals surface area contributed by atoms with Crippen molar-refractivity contribution < 1.29 is 9.59 Å². The lowest BCUT2D eigenvalue weighted by Gasteiger charge is -2.32. The third kappa shape index (κ3) is 5.84. The third-order valence-electron chi connectivity index (χ3n) is 5.08. The fourth-order valence-corrected chi connectivity index (χ4v) is 4.06. The maximum Gasteiger partial charge on any atom is 0.313 e. The smallest absolute Gasteiger partial charge is 0.313 e. The van der Waals surface area contributed by atoms with Crippen molar-refractivity contribution in [2.24, 2.45) is 5.92 Å². The van der Waals surface area contributed by atoms with Crippen LogP contribution in [-0.2, 0) is 16.1 Å². The first-order valence-electron chi connectivity index (χ1n) is 9.64. The van der Waals surface area contributed by atoms with Crippen LogP contribution in [0.5, 0.6) is 0 Å². The number of likely N-dealkylation sites (tertiary alicyclic amines) is 1. The van der Waals surface area contributed by atoms with Crippen molar-refractivity contribution in [3.05, 3.63) is 60.2 Å². The molecule has 0 radical (unpaired) electrons. The Labute approximate surface area is 170 Å². The molecule has 2 aromatic carbocycles. The van der Waals surface area contributed by atoms with Crippen LogP contribution in [0, 0.1) is 5.92 Å². The number of anilines is 1. The van der Waals surface area contributed by atoms with Crippen LogP contribution in [0.25, 0.3) is 0 Å². The van der Waals surface area contributed by atoms with E-state index in [0.717, 1.165) is 32.5 Å². The zero-order valence-corrected chi connectivity index (χ0v) is 17.0. The molecule has 1 saturated heterocycles. The van der Waals surface area contributed by atoms with Gasteiger partial charge < -0.3 is 10.6 Å². The molecule has 0 bridgehead atoms. The van der Waals surface area contributed by atoms with Crippen LogP contribution in [0.1, 0.15) is 18.4 Å². The topological polar surface area (TPSA) is 61.4 Å². The SMILES string of the molecule is CSc1ccccc1CN1CCC(CNC(=O)C(=O)Nc2ccccc2)CC1. The summed E-state index contributed by atoms with van der Waals surface area (Å²) >= 11 is 1.79. The minimum atomic E-state index is -0.614. The lowest BCUT2D eigenvalue weighted by atomic mass is 9.96. The van der Waals surface area contributed by atoms with E-state index in [1.165, 1.54) is 10.5 Å². The van der Waals surface area contributed by atoms with Gasteiger partial charge in [-0.15, -0.1) is 11.8 Å². The van der Waals surface area contributed by atoms with Gasteiger partial charge in [-0.2, -0.15) is 0 Å². The van der Waals surface area contributed by atoms with Crippen molar-refractivity contribution >= 4 is 29.3 Å². The minimum absolute atomic E-state index is 0.417. The number of amides is 2. The molecule has 1 fully saturated rings. The number of piperidine rings is 1. The van der Waals surface area contributed by atoms with Crippen LogP contribution < -0.4 is 10.6 Å². The number of carbonyl (C=O) groups is 2. The Balaban J connectivity index is 1.39. The van der Waals surface area contributed by atoms with E-state index in [9.17, 15) is 9.59 Å². The van der Waals surface area contributed by atoms with E-state index in [2.05, 4.69) is 46.1 Å². The summed E-state index contributed by atoms with van der Waals surface area (Å²) in [7, 11) is 0. The Kier molecular flexibility index (Phi) is 7.51. The van der Waals surface area contributed by atoms with Gasteiger partial charge in [-0.25, -0.2) is 0 Å². The highest BCUT2D eigenvalue weighted by atomic mass is 32.2. The summed E-state index contributed by atoms with van der Waals surface area (Å²) in [6, 6.07) is 17.6. The van der Waals surface area contributed by atoms with Crippen molar-refractivity contribution in [1.29, 1.82) is 0 Å². The van der Waals surface area contributed by atoms with Crippen LogP contribution in [0.15, 0.2) is 59.5 Å². The molecule has 0 aromatic heterocycles. The Morgan fingerprint density at radius 1 is 1.00 bits per heavy atom. The molecule has 28 heavy (non-hydrogen) atoms. The molecule has 6 heteroatoms. The number of hydrogen-bond acceptors (Lipinski definition) is 4. The lowest BCUT2D eigenvalue weighted by Crippen LogP contribution is -2.41. The highest BCUT2D eigenvalue weighted by Crippen LogP contribution is 2.24. The van der Waals surface area contributed by atoms with Gasteiger partial charge >= 0.3 is 11.8 Å². The summed E-state index contributed by atoms with van der Waals surface area (Å²) < 4.78 is 0. The van der Waals surface area contributed by atoms with Crippen LogP contribution >= 0.6 is 11.8 Å². The first-order chi connectivity index (χ1) is 13.7. The van der Waals surface area contributed by atoms with E-state index in [1.807, 2.05) is 18.2 Å². The maximum atomic E-state index is 12.0. The zero-order valence-electron chi connectivity index (χ0n) is 16.2. The molecular weight excluding hydrogens is 370 g/mol. The van der Waals surface area contributed by atoms with Crippen molar-refractivity contribution in [2.45, 2.75) is 24.3 Å². The monoisotopic (exact) mass is 397 g/mol. The molecule has 148 valence electrons. The van der Waals surface area contributed by atoms with Crippen LogP contribution in [0.2, 0.25) is 0 Å². The quantitative estimate of drug-likeness (QED) is 0.580. The fraction of sp³-hybridized carbons (Fsp3) is 0.364. The van der Waals surface area contributed by atoms with E-state index in [1.54, 1.807) is 23.9 Å². The number of nitrogens with zero attached hydrogens (tertiary/aromatic N) is 1. The van der Waals surface area contributed by atoms with Crippen LogP contribution in [-0.4, -0.2) is 42.6 Å².